The number of likely N-dealkylation sites (tertiary alicyclic amines) is 1. The van der Waals surface area contributed by atoms with Crippen LogP contribution in [0.1, 0.15) is 33.6 Å². The van der Waals surface area contributed by atoms with Gasteiger partial charge in [0.05, 0.1) is 6.54 Å². The molecule has 0 aromatic rings. The van der Waals surface area contributed by atoms with Crippen molar-refractivity contribution in [2.45, 2.75) is 39.8 Å². The highest BCUT2D eigenvalue weighted by molar-refractivity contribution is 5.81. The number of rotatable bonds is 9. The number of amides is 1. The van der Waals surface area contributed by atoms with Gasteiger partial charge in [-0.25, -0.2) is 0 Å². The number of hydrogen-bond acceptors (Lipinski definition) is 3. The van der Waals surface area contributed by atoms with Crippen LogP contribution in [0.25, 0.3) is 0 Å². The van der Waals surface area contributed by atoms with Gasteiger partial charge in [-0.1, -0.05) is 0 Å². The maximum absolute atomic E-state index is 12.4. The number of nitrogens with zero attached hydrogens (tertiary/aromatic N) is 3. The maximum Gasteiger partial charge on any atom is 0.401 e. The lowest BCUT2D eigenvalue weighted by atomic mass is 10.1. The standard InChI is InChI=1S/C17H32F3N5O/c1-4-21-16(22-9-7-15(26)25(5-2)6-3)23-11-14-8-10-24(12-14)13-17(18,19)20/h14H,4-13H2,1-3H3,(H2,21,22,23). The van der Waals surface area contributed by atoms with Crippen molar-refractivity contribution >= 4 is 11.9 Å². The summed E-state index contributed by atoms with van der Waals surface area (Å²) in [6.45, 7) is 8.90. The van der Waals surface area contributed by atoms with Gasteiger partial charge in [0, 0.05) is 45.7 Å². The first kappa shape index (κ1) is 22.5. The van der Waals surface area contributed by atoms with Gasteiger partial charge in [-0.05, 0) is 39.7 Å². The van der Waals surface area contributed by atoms with Crippen LogP contribution in [0.4, 0.5) is 13.2 Å². The first-order valence-corrected chi connectivity index (χ1v) is 9.38. The molecule has 1 saturated heterocycles. The third-order valence-electron chi connectivity index (χ3n) is 4.37. The minimum absolute atomic E-state index is 0.0944. The predicted molar refractivity (Wildman–Crippen MR) is 97.1 cm³/mol. The van der Waals surface area contributed by atoms with Crippen LogP contribution in [0.3, 0.4) is 0 Å². The molecular formula is C17H32F3N5O. The van der Waals surface area contributed by atoms with E-state index in [4.69, 9.17) is 0 Å². The van der Waals surface area contributed by atoms with Gasteiger partial charge in [-0.2, -0.15) is 13.2 Å². The minimum Gasteiger partial charge on any atom is -0.357 e. The van der Waals surface area contributed by atoms with E-state index in [1.807, 2.05) is 20.8 Å². The summed E-state index contributed by atoms with van der Waals surface area (Å²) in [4.78, 5) is 19.7. The summed E-state index contributed by atoms with van der Waals surface area (Å²) in [7, 11) is 0. The van der Waals surface area contributed by atoms with Gasteiger partial charge < -0.3 is 15.5 Å². The van der Waals surface area contributed by atoms with Crippen molar-refractivity contribution in [3.05, 3.63) is 0 Å². The van der Waals surface area contributed by atoms with Crippen molar-refractivity contribution in [1.29, 1.82) is 0 Å². The summed E-state index contributed by atoms with van der Waals surface area (Å²) in [5.74, 6) is 0.830. The molecule has 1 atom stereocenters. The van der Waals surface area contributed by atoms with Gasteiger partial charge in [-0.15, -0.1) is 0 Å². The van der Waals surface area contributed by atoms with Crippen molar-refractivity contribution in [3.63, 3.8) is 0 Å². The molecule has 0 spiro atoms. The van der Waals surface area contributed by atoms with Gasteiger partial charge in [-0.3, -0.25) is 14.7 Å². The quantitative estimate of drug-likeness (QED) is 0.473. The number of nitrogens with one attached hydrogen (secondary N) is 2. The van der Waals surface area contributed by atoms with Crippen LogP contribution in [0, 0.1) is 5.92 Å². The van der Waals surface area contributed by atoms with E-state index < -0.39 is 12.7 Å². The van der Waals surface area contributed by atoms with Gasteiger partial charge in [0.1, 0.15) is 0 Å². The summed E-state index contributed by atoms with van der Waals surface area (Å²) in [6, 6.07) is 0. The molecule has 1 fully saturated rings. The van der Waals surface area contributed by atoms with Crippen molar-refractivity contribution < 1.29 is 18.0 Å². The predicted octanol–water partition coefficient (Wildman–Crippen LogP) is 1.68. The number of alkyl halides is 3. The van der Waals surface area contributed by atoms with Crippen LogP contribution in [0.2, 0.25) is 0 Å². The molecule has 0 bridgehead atoms. The molecule has 0 aliphatic carbocycles. The van der Waals surface area contributed by atoms with Crippen LogP contribution in [0.5, 0.6) is 0 Å². The average molecular weight is 379 g/mol. The van der Waals surface area contributed by atoms with Crippen LogP contribution in [0.15, 0.2) is 4.99 Å². The van der Waals surface area contributed by atoms with E-state index in [0.717, 1.165) is 6.42 Å². The summed E-state index contributed by atoms with van der Waals surface area (Å²) >= 11 is 0. The molecule has 0 aromatic carbocycles. The molecule has 0 radical (unpaired) electrons. The highest BCUT2D eigenvalue weighted by Crippen LogP contribution is 2.22. The van der Waals surface area contributed by atoms with Gasteiger partial charge >= 0.3 is 6.18 Å². The normalized spacial score (nSPS) is 18.8. The molecule has 9 heteroatoms. The average Bonchev–Trinajstić information content (AvgIpc) is 2.99. The second-order valence-electron chi connectivity index (χ2n) is 6.47. The Morgan fingerprint density at radius 1 is 1.23 bits per heavy atom. The molecule has 1 unspecified atom stereocenters. The zero-order valence-electron chi connectivity index (χ0n) is 16.0. The number of carbonyl (C=O) groups excluding carboxylic acids is 1. The summed E-state index contributed by atoms with van der Waals surface area (Å²) < 4.78 is 37.3. The van der Waals surface area contributed by atoms with E-state index in [-0.39, 0.29) is 11.8 Å². The van der Waals surface area contributed by atoms with Gasteiger partial charge in [0.2, 0.25) is 5.91 Å². The molecule has 6 nitrogen and oxygen atoms in total. The molecule has 152 valence electrons. The fourth-order valence-electron chi connectivity index (χ4n) is 3.04. The Kier molecular flexibility index (Phi) is 9.75. The maximum atomic E-state index is 12.4. The van der Waals surface area contributed by atoms with E-state index in [1.165, 1.54) is 4.90 Å². The Labute approximate surface area is 154 Å². The Hall–Kier alpha value is -1.51. The monoisotopic (exact) mass is 379 g/mol. The van der Waals surface area contributed by atoms with Crippen LogP contribution in [-0.2, 0) is 4.79 Å². The highest BCUT2D eigenvalue weighted by atomic mass is 19.4. The molecule has 1 rings (SSSR count). The first-order chi connectivity index (χ1) is 12.3. The lowest BCUT2D eigenvalue weighted by Crippen LogP contribution is -2.40. The molecule has 0 aromatic heterocycles. The Morgan fingerprint density at radius 3 is 2.50 bits per heavy atom. The highest BCUT2D eigenvalue weighted by Gasteiger charge is 2.34. The minimum atomic E-state index is -4.15. The lowest BCUT2D eigenvalue weighted by Gasteiger charge is -2.19. The SMILES string of the molecule is CCNC(=NCC1CCN(CC(F)(F)F)C1)NCCC(=O)N(CC)CC. The summed E-state index contributed by atoms with van der Waals surface area (Å²) in [5, 5.41) is 6.23. The smallest absolute Gasteiger partial charge is 0.357 e. The molecule has 1 amide bonds. The van der Waals surface area contributed by atoms with Gasteiger partial charge in [0.15, 0.2) is 5.96 Å². The van der Waals surface area contributed by atoms with E-state index in [1.54, 1.807) is 4.90 Å². The van der Waals surface area contributed by atoms with E-state index in [9.17, 15) is 18.0 Å². The van der Waals surface area contributed by atoms with Crippen LogP contribution >= 0.6 is 0 Å². The fraction of sp³-hybridized carbons (Fsp3) is 0.882. The number of halogens is 3. The molecule has 26 heavy (non-hydrogen) atoms. The van der Waals surface area contributed by atoms with Crippen LogP contribution in [-0.4, -0.2) is 80.2 Å². The third kappa shape index (κ3) is 8.73. The lowest BCUT2D eigenvalue weighted by molar-refractivity contribution is -0.143. The Bertz CT molecular complexity index is 452. The second kappa shape index (κ2) is 11.3. The van der Waals surface area contributed by atoms with E-state index >= 15 is 0 Å². The number of aliphatic imine (C=N–C) groups is 1. The van der Waals surface area contributed by atoms with Crippen molar-refractivity contribution in [3.8, 4) is 0 Å². The van der Waals surface area contributed by atoms with Crippen LogP contribution < -0.4 is 10.6 Å². The second-order valence-corrected chi connectivity index (χ2v) is 6.47. The zero-order valence-corrected chi connectivity index (χ0v) is 16.0. The number of carbonyl (C=O) groups is 1. The molecule has 1 aliphatic heterocycles. The number of hydrogen-bond donors (Lipinski definition) is 2. The molecule has 0 saturated carbocycles. The Morgan fingerprint density at radius 2 is 1.92 bits per heavy atom. The molecule has 2 N–H and O–H groups in total. The first-order valence-electron chi connectivity index (χ1n) is 9.38. The van der Waals surface area contributed by atoms with Crippen molar-refractivity contribution in [2.24, 2.45) is 10.9 Å². The van der Waals surface area contributed by atoms with Crippen molar-refractivity contribution in [2.75, 3.05) is 52.4 Å². The Balaban J connectivity index is 2.40. The van der Waals surface area contributed by atoms with Crippen molar-refractivity contribution in [1.82, 2.24) is 20.4 Å². The fourth-order valence-corrected chi connectivity index (χ4v) is 3.04. The summed E-state index contributed by atoms with van der Waals surface area (Å²) in [6.07, 6.45) is -3.04. The van der Waals surface area contributed by atoms with E-state index in [0.29, 0.717) is 58.2 Å². The molecular weight excluding hydrogens is 347 g/mol. The number of guanidine groups is 1. The summed E-state index contributed by atoms with van der Waals surface area (Å²) in [5.41, 5.74) is 0. The third-order valence-corrected chi connectivity index (χ3v) is 4.37. The molecule has 1 heterocycles. The molecule has 1 aliphatic rings. The largest absolute Gasteiger partial charge is 0.401 e. The van der Waals surface area contributed by atoms with Gasteiger partial charge in [0.25, 0.3) is 0 Å². The topological polar surface area (TPSA) is 60.0 Å². The van der Waals surface area contributed by atoms with E-state index in [2.05, 4.69) is 15.6 Å². The zero-order chi connectivity index (χ0) is 19.6.